The Bertz CT molecular complexity index is 728. The van der Waals surface area contributed by atoms with E-state index in [-0.39, 0.29) is 14.7 Å². The molecule has 2 aromatic heterocycles. The number of fused-ring (bicyclic) bond motifs is 1. The van der Waals surface area contributed by atoms with Crippen LogP contribution in [0.25, 0.3) is 15.5 Å². The molecule has 0 fully saturated rings. The van der Waals surface area contributed by atoms with Crippen LogP contribution in [0.4, 0.5) is 0 Å². The van der Waals surface area contributed by atoms with Crippen LogP contribution in [0.3, 0.4) is 0 Å². The molecule has 1 aromatic carbocycles. The van der Waals surface area contributed by atoms with Gasteiger partial charge in [0.1, 0.15) is 0 Å². The van der Waals surface area contributed by atoms with Crippen molar-refractivity contribution in [2.24, 2.45) is 0 Å². The number of hydrogen-bond acceptors (Lipinski definition) is 2. The zero-order chi connectivity index (χ0) is 11.8. The predicted octanol–water partition coefficient (Wildman–Crippen LogP) is 3.12. The number of aryl methyl sites for hydroxylation is 1. The van der Waals surface area contributed by atoms with E-state index in [2.05, 4.69) is 33.7 Å². The fraction of sp³-hybridized carbons (Fsp3) is 0.0769. The average molecular weight is 305 g/mol. The van der Waals surface area contributed by atoms with E-state index < -0.39 is 0 Å². The molecule has 0 radical (unpaired) electrons. The first-order valence-electron chi connectivity index (χ1n) is 5.30. The molecule has 4 heteroatoms. The van der Waals surface area contributed by atoms with Gasteiger partial charge in [0.05, 0.1) is 0 Å². The van der Waals surface area contributed by atoms with Gasteiger partial charge in [0.15, 0.2) is 0 Å². The molecular weight excluding hydrogens is 295 g/mol. The molecule has 0 unspecified atom stereocenters. The SMILES string of the molecule is Cc1ccc2c(=S)n(-c3ccccn3)[se]c2c1. The Morgan fingerprint density at radius 1 is 1.24 bits per heavy atom. The Balaban J connectivity index is 2.32. The van der Waals surface area contributed by atoms with Crippen molar-refractivity contribution >= 4 is 36.6 Å². The third-order valence-corrected chi connectivity index (χ3v) is 5.54. The van der Waals surface area contributed by atoms with Crippen molar-refractivity contribution in [3.8, 4) is 5.82 Å². The summed E-state index contributed by atoms with van der Waals surface area (Å²) in [6, 6.07) is 12.4. The molecule has 0 aliphatic rings. The van der Waals surface area contributed by atoms with Crippen LogP contribution in [0, 0.1) is 11.6 Å². The summed E-state index contributed by atoms with van der Waals surface area (Å²) in [5.74, 6) is 0.950. The van der Waals surface area contributed by atoms with Crippen molar-refractivity contribution in [2.45, 2.75) is 6.92 Å². The van der Waals surface area contributed by atoms with E-state index in [0.717, 1.165) is 10.5 Å². The van der Waals surface area contributed by atoms with Gasteiger partial charge in [0.25, 0.3) is 0 Å². The second kappa shape index (κ2) is 4.22. The summed E-state index contributed by atoms with van der Waals surface area (Å²) in [5.41, 5.74) is 1.29. The van der Waals surface area contributed by atoms with E-state index >= 15 is 0 Å². The number of aromatic nitrogens is 2. The standard InChI is InChI=1S/C13H10N2SSe/c1-9-5-6-10-11(8-9)17-15(13(10)16)12-4-2-3-7-14-12/h2-8H,1H3. The van der Waals surface area contributed by atoms with Gasteiger partial charge in [-0.25, -0.2) is 0 Å². The Kier molecular flexibility index (Phi) is 2.71. The van der Waals surface area contributed by atoms with E-state index in [4.69, 9.17) is 12.2 Å². The number of pyridine rings is 1. The van der Waals surface area contributed by atoms with E-state index in [9.17, 15) is 0 Å². The fourth-order valence-corrected chi connectivity index (χ4v) is 4.63. The summed E-state index contributed by atoms with van der Waals surface area (Å²) in [5, 5.41) is 1.19. The molecule has 3 aromatic rings. The Hall–Kier alpha value is -1.22. The second-order valence-electron chi connectivity index (χ2n) is 3.88. The van der Waals surface area contributed by atoms with Crippen LogP contribution in [0.2, 0.25) is 0 Å². The normalized spacial score (nSPS) is 10.9. The first-order chi connectivity index (χ1) is 8.25. The van der Waals surface area contributed by atoms with Crippen molar-refractivity contribution in [1.82, 2.24) is 8.55 Å². The molecule has 2 nitrogen and oxygen atoms in total. The summed E-state index contributed by atoms with van der Waals surface area (Å²) in [6.07, 6.45) is 1.81. The number of hydrogen-bond donors (Lipinski definition) is 0. The minimum absolute atomic E-state index is 0.215. The molecule has 0 saturated carbocycles. The van der Waals surface area contributed by atoms with E-state index in [0.29, 0.717) is 0 Å². The fourth-order valence-electron chi connectivity index (χ4n) is 1.76. The zero-order valence-corrected chi connectivity index (χ0v) is 11.8. The Morgan fingerprint density at radius 3 is 2.88 bits per heavy atom. The topological polar surface area (TPSA) is 17.8 Å². The molecule has 0 saturated heterocycles. The van der Waals surface area contributed by atoms with Gasteiger partial charge < -0.3 is 0 Å². The monoisotopic (exact) mass is 306 g/mol. The molecule has 84 valence electrons. The molecular formula is C13H10N2SSe. The third-order valence-electron chi connectivity index (χ3n) is 2.60. The van der Waals surface area contributed by atoms with Crippen LogP contribution < -0.4 is 0 Å². The van der Waals surface area contributed by atoms with Crippen LogP contribution in [-0.4, -0.2) is 23.3 Å². The van der Waals surface area contributed by atoms with Crippen LogP contribution in [0.15, 0.2) is 42.6 Å². The Labute approximate surface area is 111 Å². The van der Waals surface area contributed by atoms with E-state index in [1.165, 1.54) is 15.2 Å². The third kappa shape index (κ3) is 1.89. The van der Waals surface area contributed by atoms with Crippen LogP contribution in [-0.2, 0) is 0 Å². The maximum atomic E-state index is 5.52. The maximum absolute atomic E-state index is 5.52. The first kappa shape index (κ1) is 10.9. The summed E-state index contributed by atoms with van der Waals surface area (Å²) >= 11 is 5.74. The molecule has 0 N–H and O–H groups in total. The zero-order valence-electron chi connectivity index (χ0n) is 9.25. The summed E-state index contributed by atoms with van der Waals surface area (Å²) in [4.78, 5) is 4.37. The van der Waals surface area contributed by atoms with Crippen LogP contribution >= 0.6 is 12.2 Å². The number of nitrogens with zero attached hydrogens (tertiary/aromatic N) is 2. The van der Waals surface area contributed by atoms with Crippen LogP contribution in [0.5, 0.6) is 0 Å². The minimum atomic E-state index is 0.215. The van der Waals surface area contributed by atoms with Gasteiger partial charge in [0, 0.05) is 0 Å². The van der Waals surface area contributed by atoms with E-state index in [1.54, 1.807) is 0 Å². The van der Waals surface area contributed by atoms with Crippen molar-refractivity contribution in [3.05, 3.63) is 52.8 Å². The molecule has 3 rings (SSSR count). The molecule has 0 spiro atoms. The first-order valence-corrected chi connectivity index (χ1v) is 7.33. The molecule has 0 bridgehead atoms. The van der Waals surface area contributed by atoms with Crippen LogP contribution in [0.1, 0.15) is 5.56 Å². The molecule has 0 aliphatic heterocycles. The molecule has 0 atom stereocenters. The number of rotatable bonds is 1. The molecule has 2 heterocycles. The van der Waals surface area contributed by atoms with Gasteiger partial charge >= 0.3 is 111 Å². The molecule has 0 aliphatic carbocycles. The van der Waals surface area contributed by atoms with E-state index in [1.807, 2.05) is 24.4 Å². The summed E-state index contributed by atoms with van der Waals surface area (Å²) in [7, 11) is 0. The van der Waals surface area contributed by atoms with Gasteiger partial charge in [0.2, 0.25) is 0 Å². The van der Waals surface area contributed by atoms with Gasteiger partial charge in [-0.05, 0) is 0 Å². The summed E-state index contributed by atoms with van der Waals surface area (Å²) in [6.45, 7) is 2.11. The van der Waals surface area contributed by atoms with Gasteiger partial charge in [-0.3, -0.25) is 0 Å². The average Bonchev–Trinajstić information content (AvgIpc) is 2.67. The summed E-state index contributed by atoms with van der Waals surface area (Å²) < 4.78 is 4.40. The van der Waals surface area contributed by atoms with Gasteiger partial charge in [-0.2, -0.15) is 0 Å². The van der Waals surface area contributed by atoms with Gasteiger partial charge in [-0.1, -0.05) is 0 Å². The second-order valence-corrected chi connectivity index (χ2v) is 6.34. The Morgan fingerprint density at radius 2 is 2.12 bits per heavy atom. The number of benzene rings is 1. The van der Waals surface area contributed by atoms with Crippen molar-refractivity contribution in [1.29, 1.82) is 0 Å². The van der Waals surface area contributed by atoms with Crippen molar-refractivity contribution in [2.75, 3.05) is 0 Å². The van der Waals surface area contributed by atoms with Crippen molar-refractivity contribution < 1.29 is 0 Å². The van der Waals surface area contributed by atoms with Crippen molar-refractivity contribution in [3.63, 3.8) is 0 Å². The van der Waals surface area contributed by atoms with Gasteiger partial charge in [-0.15, -0.1) is 0 Å². The quantitative estimate of drug-likeness (QED) is 0.508. The molecule has 17 heavy (non-hydrogen) atoms. The predicted molar refractivity (Wildman–Crippen MR) is 73.6 cm³/mol. The molecule has 0 amide bonds.